The highest BCUT2D eigenvalue weighted by molar-refractivity contribution is 6.30. The molecule has 0 aromatic heterocycles. The van der Waals surface area contributed by atoms with Crippen molar-refractivity contribution < 1.29 is 13.9 Å². The summed E-state index contributed by atoms with van der Waals surface area (Å²) in [4.78, 5) is 12.2. The minimum atomic E-state index is -0.260. The summed E-state index contributed by atoms with van der Waals surface area (Å²) in [5.74, 6) is -0.428. The average Bonchev–Trinajstić information content (AvgIpc) is 2.66. The van der Waals surface area contributed by atoms with Crippen LogP contribution in [0.2, 0.25) is 5.02 Å². The first-order chi connectivity index (χ1) is 12.6. The molecule has 1 aliphatic heterocycles. The molecule has 26 heavy (non-hydrogen) atoms. The molecule has 3 nitrogen and oxygen atoms in total. The highest BCUT2D eigenvalue weighted by Gasteiger charge is 2.34. The van der Waals surface area contributed by atoms with E-state index in [2.05, 4.69) is 5.32 Å². The Kier molecular flexibility index (Phi) is 6.07. The summed E-state index contributed by atoms with van der Waals surface area (Å²) in [6, 6.07) is 13.8. The molecule has 1 saturated heterocycles. The molecular weight excluding hydrogens is 353 g/mol. The third-order valence-corrected chi connectivity index (χ3v) is 5.02. The average molecular weight is 374 g/mol. The van der Waals surface area contributed by atoms with Gasteiger partial charge in [-0.25, -0.2) is 4.39 Å². The topological polar surface area (TPSA) is 38.3 Å². The molecule has 1 amide bonds. The van der Waals surface area contributed by atoms with Gasteiger partial charge in [-0.05, 0) is 54.3 Å². The number of hydrogen-bond donors (Lipinski definition) is 1. The number of ether oxygens (including phenoxy) is 1. The van der Waals surface area contributed by atoms with Crippen molar-refractivity contribution in [1.29, 1.82) is 0 Å². The smallest absolute Gasteiger partial charge is 0.244 e. The van der Waals surface area contributed by atoms with Crippen LogP contribution in [0.15, 0.2) is 54.6 Å². The second-order valence-electron chi connectivity index (χ2n) is 6.51. The van der Waals surface area contributed by atoms with Gasteiger partial charge in [0.05, 0.1) is 0 Å². The molecule has 0 saturated carbocycles. The van der Waals surface area contributed by atoms with Crippen LogP contribution < -0.4 is 5.32 Å². The second-order valence-corrected chi connectivity index (χ2v) is 6.94. The van der Waals surface area contributed by atoms with Crippen molar-refractivity contribution in [2.24, 2.45) is 0 Å². The summed E-state index contributed by atoms with van der Waals surface area (Å²) in [6.45, 7) is 1.75. The minimum absolute atomic E-state index is 0.169. The van der Waals surface area contributed by atoms with Crippen molar-refractivity contribution in [1.82, 2.24) is 5.32 Å². The highest BCUT2D eigenvalue weighted by atomic mass is 35.5. The molecule has 5 heteroatoms. The monoisotopic (exact) mass is 373 g/mol. The van der Waals surface area contributed by atoms with Gasteiger partial charge < -0.3 is 10.1 Å². The first kappa shape index (κ1) is 18.6. The number of nitrogens with one attached hydrogen (secondary N) is 1. The molecule has 1 fully saturated rings. The first-order valence-electron chi connectivity index (χ1n) is 8.63. The fourth-order valence-corrected chi connectivity index (χ4v) is 3.43. The first-order valence-corrected chi connectivity index (χ1v) is 9.01. The molecule has 136 valence electrons. The van der Waals surface area contributed by atoms with Gasteiger partial charge in [-0.3, -0.25) is 4.79 Å². The van der Waals surface area contributed by atoms with Crippen LogP contribution in [0, 0.1) is 5.82 Å². The van der Waals surface area contributed by atoms with E-state index in [-0.39, 0.29) is 17.1 Å². The third-order valence-electron chi connectivity index (χ3n) is 4.78. The van der Waals surface area contributed by atoms with Gasteiger partial charge in [0.25, 0.3) is 0 Å². The van der Waals surface area contributed by atoms with Crippen molar-refractivity contribution in [2.75, 3.05) is 19.8 Å². The molecule has 0 spiro atoms. The standard InChI is InChI=1S/C21H21ClFNO2/c22-18-3-1-2-16(14-18)4-9-20(25)24-15-21(10-12-26-13-11-21)17-5-7-19(23)8-6-17/h1-9,14H,10-13,15H2,(H,24,25). The molecule has 2 aromatic rings. The molecule has 0 unspecified atom stereocenters. The Balaban J connectivity index is 1.68. The van der Waals surface area contributed by atoms with E-state index in [0.717, 1.165) is 24.0 Å². The summed E-state index contributed by atoms with van der Waals surface area (Å²) >= 11 is 5.95. The minimum Gasteiger partial charge on any atom is -0.381 e. The number of hydrogen-bond acceptors (Lipinski definition) is 2. The van der Waals surface area contributed by atoms with E-state index < -0.39 is 0 Å². The van der Waals surface area contributed by atoms with Crippen LogP contribution >= 0.6 is 11.6 Å². The molecule has 0 atom stereocenters. The predicted octanol–water partition coefficient (Wildman–Crippen LogP) is 4.36. The van der Waals surface area contributed by atoms with E-state index in [4.69, 9.17) is 16.3 Å². The summed E-state index contributed by atoms with van der Waals surface area (Å²) in [5, 5.41) is 3.61. The van der Waals surface area contributed by atoms with Gasteiger partial charge in [-0.15, -0.1) is 0 Å². The number of amides is 1. The van der Waals surface area contributed by atoms with Crippen molar-refractivity contribution >= 4 is 23.6 Å². The van der Waals surface area contributed by atoms with Gasteiger partial charge in [-0.1, -0.05) is 35.9 Å². The molecule has 0 radical (unpaired) electrons. The largest absolute Gasteiger partial charge is 0.381 e. The maximum Gasteiger partial charge on any atom is 0.244 e. The van der Waals surface area contributed by atoms with Crippen LogP contribution in [0.3, 0.4) is 0 Å². The SMILES string of the molecule is O=C(C=Cc1cccc(Cl)c1)NCC1(c2ccc(F)cc2)CCOCC1. The maximum atomic E-state index is 13.3. The Bertz CT molecular complexity index is 783. The Hall–Kier alpha value is -2.17. The zero-order valence-electron chi connectivity index (χ0n) is 14.4. The lowest BCUT2D eigenvalue weighted by atomic mass is 9.74. The second kappa shape index (κ2) is 8.47. The number of halogens is 2. The number of rotatable bonds is 5. The van der Waals surface area contributed by atoms with E-state index in [1.807, 2.05) is 12.1 Å². The third kappa shape index (κ3) is 4.71. The summed E-state index contributed by atoms with van der Waals surface area (Å²) < 4.78 is 18.7. The van der Waals surface area contributed by atoms with Gasteiger partial charge in [-0.2, -0.15) is 0 Å². The van der Waals surface area contributed by atoms with Crippen molar-refractivity contribution in [2.45, 2.75) is 18.3 Å². The van der Waals surface area contributed by atoms with E-state index in [0.29, 0.717) is 24.8 Å². The van der Waals surface area contributed by atoms with E-state index in [1.165, 1.54) is 18.2 Å². The lowest BCUT2D eigenvalue weighted by molar-refractivity contribution is -0.116. The molecule has 3 rings (SSSR count). The normalized spacial score (nSPS) is 16.5. The van der Waals surface area contributed by atoms with Gasteiger partial charge >= 0.3 is 0 Å². The zero-order valence-corrected chi connectivity index (χ0v) is 15.1. The Morgan fingerprint density at radius 2 is 1.92 bits per heavy atom. The number of carbonyl (C=O) groups is 1. The van der Waals surface area contributed by atoms with E-state index in [1.54, 1.807) is 30.3 Å². The summed E-state index contributed by atoms with van der Waals surface area (Å²) in [7, 11) is 0. The van der Waals surface area contributed by atoms with Crippen LogP contribution in [0.1, 0.15) is 24.0 Å². The fourth-order valence-electron chi connectivity index (χ4n) is 3.23. The van der Waals surface area contributed by atoms with E-state index in [9.17, 15) is 9.18 Å². The number of carbonyl (C=O) groups excluding carboxylic acids is 1. The lowest BCUT2D eigenvalue weighted by Gasteiger charge is -2.37. The van der Waals surface area contributed by atoms with Gasteiger partial charge in [0, 0.05) is 36.3 Å². The van der Waals surface area contributed by atoms with Crippen LogP contribution in [-0.4, -0.2) is 25.7 Å². The molecule has 1 N–H and O–H groups in total. The van der Waals surface area contributed by atoms with Crippen molar-refractivity contribution in [3.63, 3.8) is 0 Å². The molecule has 0 aliphatic carbocycles. The summed E-state index contributed by atoms with van der Waals surface area (Å²) in [5.41, 5.74) is 1.67. The van der Waals surface area contributed by atoms with Crippen LogP contribution in [0.4, 0.5) is 4.39 Å². The summed E-state index contributed by atoms with van der Waals surface area (Å²) in [6.07, 6.45) is 4.81. The molecule has 1 aliphatic rings. The zero-order chi connectivity index (χ0) is 18.4. The van der Waals surface area contributed by atoms with Crippen LogP contribution in [0.5, 0.6) is 0 Å². The quantitative estimate of drug-likeness (QED) is 0.791. The Morgan fingerprint density at radius 3 is 2.62 bits per heavy atom. The Morgan fingerprint density at radius 1 is 1.19 bits per heavy atom. The Labute approximate surface area is 157 Å². The molecule has 0 bridgehead atoms. The van der Waals surface area contributed by atoms with Crippen LogP contribution in [0.25, 0.3) is 6.08 Å². The van der Waals surface area contributed by atoms with Crippen molar-refractivity contribution in [3.05, 3.63) is 76.6 Å². The molecule has 1 heterocycles. The van der Waals surface area contributed by atoms with Crippen molar-refractivity contribution in [3.8, 4) is 0 Å². The van der Waals surface area contributed by atoms with Gasteiger partial charge in [0.2, 0.25) is 5.91 Å². The fraction of sp³-hybridized carbons (Fsp3) is 0.286. The highest BCUT2D eigenvalue weighted by Crippen LogP contribution is 2.34. The molecular formula is C21H21ClFNO2. The maximum absolute atomic E-state index is 13.3. The predicted molar refractivity (Wildman–Crippen MR) is 102 cm³/mol. The number of benzene rings is 2. The lowest BCUT2D eigenvalue weighted by Crippen LogP contribution is -2.44. The molecule has 2 aromatic carbocycles. The van der Waals surface area contributed by atoms with Crippen LogP contribution in [-0.2, 0) is 14.9 Å². The van der Waals surface area contributed by atoms with Gasteiger partial charge in [0.1, 0.15) is 5.82 Å². The van der Waals surface area contributed by atoms with E-state index >= 15 is 0 Å². The van der Waals surface area contributed by atoms with Gasteiger partial charge in [0.15, 0.2) is 0 Å².